The molecule has 0 aromatic carbocycles. The second-order valence-corrected chi connectivity index (χ2v) is 8.03. The van der Waals surface area contributed by atoms with Crippen LogP contribution in [0.4, 0.5) is 0 Å². The van der Waals surface area contributed by atoms with Crippen molar-refractivity contribution in [2.45, 2.75) is 32.2 Å². The van der Waals surface area contributed by atoms with E-state index in [0.717, 1.165) is 13.0 Å². The SMILES string of the molecule is CC1(NC(=O)C2(C)CCNC2)CCS(=O)(=O)C1. The monoisotopic (exact) mass is 260 g/mol. The van der Waals surface area contributed by atoms with Gasteiger partial charge in [-0.1, -0.05) is 0 Å². The molecule has 2 saturated heterocycles. The predicted molar refractivity (Wildman–Crippen MR) is 65.4 cm³/mol. The van der Waals surface area contributed by atoms with E-state index >= 15 is 0 Å². The van der Waals surface area contributed by atoms with Crippen LogP contribution in [-0.4, -0.2) is 44.5 Å². The van der Waals surface area contributed by atoms with Crippen LogP contribution in [0.15, 0.2) is 0 Å². The van der Waals surface area contributed by atoms with E-state index in [1.807, 2.05) is 13.8 Å². The summed E-state index contributed by atoms with van der Waals surface area (Å²) in [5.41, 5.74) is -0.975. The first-order chi connectivity index (χ1) is 7.75. The zero-order valence-electron chi connectivity index (χ0n) is 10.4. The number of hydrogen-bond acceptors (Lipinski definition) is 4. The van der Waals surface area contributed by atoms with Crippen LogP contribution >= 0.6 is 0 Å². The van der Waals surface area contributed by atoms with Crippen molar-refractivity contribution in [3.63, 3.8) is 0 Å². The first kappa shape index (κ1) is 12.8. The van der Waals surface area contributed by atoms with E-state index in [-0.39, 0.29) is 17.4 Å². The van der Waals surface area contributed by atoms with E-state index in [0.29, 0.717) is 13.0 Å². The van der Waals surface area contributed by atoms with Gasteiger partial charge in [0.2, 0.25) is 5.91 Å². The maximum absolute atomic E-state index is 12.2. The molecule has 0 spiro atoms. The summed E-state index contributed by atoms with van der Waals surface area (Å²) in [5.74, 6) is 0.218. The number of amides is 1. The van der Waals surface area contributed by atoms with Crippen LogP contribution in [0.5, 0.6) is 0 Å². The summed E-state index contributed by atoms with van der Waals surface area (Å²) in [6.07, 6.45) is 1.33. The van der Waals surface area contributed by atoms with Gasteiger partial charge in [-0.2, -0.15) is 0 Å². The average molecular weight is 260 g/mol. The first-order valence-corrected chi connectivity index (χ1v) is 7.81. The van der Waals surface area contributed by atoms with E-state index in [1.54, 1.807) is 0 Å². The quantitative estimate of drug-likeness (QED) is 0.713. The molecule has 98 valence electrons. The molecule has 0 saturated carbocycles. The normalized spacial score (nSPS) is 40.4. The Kier molecular flexibility index (Phi) is 2.98. The number of carbonyl (C=O) groups excluding carboxylic acids is 1. The molecule has 2 aliphatic rings. The molecule has 2 atom stereocenters. The predicted octanol–water partition coefficient (Wildman–Crippen LogP) is -0.321. The fourth-order valence-corrected chi connectivity index (χ4v) is 4.64. The Bertz CT molecular complexity index is 426. The molecular weight excluding hydrogens is 240 g/mol. The highest BCUT2D eigenvalue weighted by Gasteiger charge is 2.44. The summed E-state index contributed by atoms with van der Waals surface area (Å²) in [7, 11) is -2.97. The minimum absolute atomic E-state index is 0.0258. The van der Waals surface area contributed by atoms with Crippen LogP contribution in [-0.2, 0) is 14.6 Å². The van der Waals surface area contributed by atoms with Crippen molar-refractivity contribution in [3.05, 3.63) is 0 Å². The van der Waals surface area contributed by atoms with Crippen LogP contribution in [0.25, 0.3) is 0 Å². The summed E-state index contributed by atoms with van der Waals surface area (Å²) in [6, 6.07) is 0. The van der Waals surface area contributed by atoms with Gasteiger partial charge in [0, 0.05) is 6.54 Å². The Balaban J connectivity index is 2.04. The van der Waals surface area contributed by atoms with Crippen molar-refractivity contribution in [1.29, 1.82) is 0 Å². The minimum atomic E-state index is -2.97. The molecule has 2 fully saturated rings. The fraction of sp³-hybridized carbons (Fsp3) is 0.909. The van der Waals surface area contributed by atoms with Gasteiger partial charge >= 0.3 is 0 Å². The highest BCUT2D eigenvalue weighted by molar-refractivity contribution is 7.91. The maximum Gasteiger partial charge on any atom is 0.227 e. The van der Waals surface area contributed by atoms with Crippen LogP contribution in [0.1, 0.15) is 26.7 Å². The lowest BCUT2D eigenvalue weighted by molar-refractivity contribution is -0.130. The number of nitrogens with one attached hydrogen (secondary N) is 2. The van der Waals surface area contributed by atoms with Crippen LogP contribution in [0, 0.1) is 5.41 Å². The summed E-state index contributed by atoms with van der Waals surface area (Å²) < 4.78 is 22.9. The fourth-order valence-electron chi connectivity index (χ4n) is 2.54. The van der Waals surface area contributed by atoms with Crippen molar-refractivity contribution in [1.82, 2.24) is 10.6 Å². The first-order valence-electron chi connectivity index (χ1n) is 5.99. The topological polar surface area (TPSA) is 75.3 Å². The van der Waals surface area contributed by atoms with Gasteiger partial charge in [-0.3, -0.25) is 4.79 Å². The lowest BCUT2D eigenvalue weighted by Crippen LogP contribution is -2.52. The Hall–Kier alpha value is -0.620. The molecular formula is C11H20N2O3S. The molecule has 17 heavy (non-hydrogen) atoms. The molecule has 0 radical (unpaired) electrons. The van der Waals surface area contributed by atoms with Gasteiger partial charge in [-0.25, -0.2) is 8.42 Å². The molecule has 2 unspecified atom stereocenters. The summed E-state index contributed by atoms with van der Waals surface area (Å²) >= 11 is 0. The number of sulfone groups is 1. The summed E-state index contributed by atoms with van der Waals surface area (Å²) in [5, 5.41) is 6.10. The molecule has 1 amide bonds. The summed E-state index contributed by atoms with van der Waals surface area (Å²) in [6.45, 7) is 5.26. The van der Waals surface area contributed by atoms with Gasteiger partial charge in [0.25, 0.3) is 0 Å². The van der Waals surface area contributed by atoms with E-state index in [2.05, 4.69) is 10.6 Å². The van der Waals surface area contributed by atoms with Gasteiger partial charge in [-0.05, 0) is 33.2 Å². The Morgan fingerprint density at radius 2 is 2.00 bits per heavy atom. The van der Waals surface area contributed by atoms with Gasteiger partial charge in [0.15, 0.2) is 9.84 Å². The highest BCUT2D eigenvalue weighted by atomic mass is 32.2. The smallest absolute Gasteiger partial charge is 0.227 e. The molecule has 5 nitrogen and oxygen atoms in total. The third-order valence-corrected chi connectivity index (χ3v) is 5.74. The lowest BCUT2D eigenvalue weighted by Gasteiger charge is -2.30. The van der Waals surface area contributed by atoms with E-state index in [9.17, 15) is 13.2 Å². The van der Waals surface area contributed by atoms with E-state index in [1.165, 1.54) is 0 Å². The van der Waals surface area contributed by atoms with Gasteiger partial charge in [0.1, 0.15) is 0 Å². The molecule has 0 aliphatic carbocycles. The minimum Gasteiger partial charge on any atom is -0.349 e. The molecule has 0 aromatic rings. The number of hydrogen-bond donors (Lipinski definition) is 2. The second-order valence-electron chi connectivity index (χ2n) is 5.84. The largest absolute Gasteiger partial charge is 0.349 e. The highest BCUT2D eigenvalue weighted by Crippen LogP contribution is 2.28. The van der Waals surface area contributed by atoms with Crippen molar-refractivity contribution < 1.29 is 13.2 Å². The zero-order valence-corrected chi connectivity index (χ0v) is 11.2. The van der Waals surface area contributed by atoms with Crippen molar-refractivity contribution in [2.24, 2.45) is 5.41 Å². The second kappa shape index (κ2) is 3.95. The van der Waals surface area contributed by atoms with Crippen molar-refractivity contribution >= 4 is 15.7 Å². The van der Waals surface area contributed by atoms with Gasteiger partial charge in [-0.15, -0.1) is 0 Å². The van der Waals surface area contributed by atoms with E-state index < -0.39 is 20.8 Å². The van der Waals surface area contributed by atoms with Crippen LogP contribution < -0.4 is 10.6 Å². The molecule has 2 N–H and O–H groups in total. The Labute approximate surface area is 102 Å². The standard InChI is InChI=1S/C11H20N2O3S/c1-10(3-5-12-7-10)9(14)13-11(2)4-6-17(15,16)8-11/h12H,3-8H2,1-2H3,(H,13,14). The van der Waals surface area contributed by atoms with Crippen molar-refractivity contribution in [2.75, 3.05) is 24.6 Å². The lowest BCUT2D eigenvalue weighted by atomic mass is 9.87. The van der Waals surface area contributed by atoms with Gasteiger partial charge in [0.05, 0.1) is 22.5 Å². The zero-order chi connectivity index (χ0) is 12.7. The molecule has 0 aromatic heterocycles. The third-order valence-electron chi connectivity index (χ3n) is 3.84. The van der Waals surface area contributed by atoms with E-state index in [4.69, 9.17) is 0 Å². The van der Waals surface area contributed by atoms with Crippen LogP contribution in [0.3, 0.4) is 0 Å². The third kappa shape index (κ3) is 2.63. The van der Waals surface area contributed by atoms with Crippen molar-refractivity contribution in [3.8, 4) is 0 Å². The molecule has 2 rings (SSSR count). The summed E-state index contributed by atoms with van der Waals surface area (Å²) in [4.78, 5) is 12.2. The Morgan fingerprint density at radius 1 is 1.29 bits per heavy atom. The maximum atomic E-state index is 12.2. The molecule has 6 heteroatoms. The Morgan fingerprint density at radius 3 is 2.47 bits per heavy atom. The molecule has 2 aliphatic heterocycles. The van der Waals surface area contributed by atoms with Crippen LogP contribution in [0.2, 0.25) is 0 Å². The molecule has 2 heterocycles. The number of carbonyl (C=O) groups is 1. The average Bonchev–Trinajstić information content (AvgIpc) is 2.72. The van der Waals surface area contributed by atoms with Gasteiger partial charge < -0.3 is 10.6 Å². The molecule has 0 bridgehead atoms. The number of rotatable bonds is 2.